The second-order valence-electron chi connectivity index (χ2n) is 5.98. The molecule has 0 saturated heterocycles. The molecule has 2 fully saturated rings. The summed E-state index contributed by atoms with van der Waals surface area (Å²) < 4.78 is 5.90. The minimum absolute atomic E-state index is 0.564. The summed E-state index contributed by atoms with van der Waals surface area (Å²) in [5.74, 6) is 3.50. The summed E-state index contributed by atoms with van der Waals surface area (Å²) in [6.45, 7) is 0. The van der Waals surface area contributed by atoms with E-state index in [-0.39, 0.29) is 0 Å². The van der Waals surface area contributed by atoms with Crippen LogP contribution in [0.25, 0.3) is 0 Å². The van der Waals surface area contributed by atoms with Crippen LogP contribution in [0.1, 0.15) is 44.9 Å². The minimum atomic E-state index is 0.564. The van der Waals surface area contributed by atoms with Crippen molar-refractivity contribution in [1.82, 2.24) is 0 Å². The third kappa shape index (κ3) is 1.73. The lowest BCUT2D eigenvalue weighted by Gasteiger charge is -2.49. The molecule has 3 aliphatic rings. The van der Waals surface area contributed by atoms with Gasteiger partial charge < -0.3 is 4.74 Å². The zero-order chi connectivity index (χ0) is 11.0. The molecule has 0 bridgehead atoms. The van der Waals surface area contributed by atoms with Gasteiger partial charge in [0.2, 0.25) is 0 Å². The van der Waals surface area contributed by atoms with Gasteiger partial charge in [0.1, 0.15) is 0 Å². The molecule has 5 atom stereocenters. The van der Waals surface area contributed by atoms with E-state index in [0.29, 0.717) is 6.10 Å². The molecule has 0 spiro atoms. The summed E-state index contributed by atoms with van der Waals surface area (Å²) in [7, 11) is 1.94. The van der Waals surface area contributed by atoms with Crippen molar-refractivity contribution >= 4 is 0 Å². The number of ether oxygens (including phenoxy) is 1. The maximum Gasteiger partial charge on any atom is 0.0636 e. The highest BCUT2D eigenvalue weighted by atomic mass is 16.5. The fourth-order valence-corrected chi connectivity index (χ4v) is 4.56. The van der Waals surface area contributed by atoms with Crippen LogP contribution < -0.4 is 0 Å². The van der Waals surface area contributed by atoms with Gasteiger partial charge in [0.05, 0.1) is 6.10 Å². The molecule has 1 nitrogen and oxygen atoms in total. The molecule has 2 saturated carbocycles. The van der Waals surface area contributed by atoms with Crippen LogP contribution in [-0.2, 0) is 4.74 Å². The number of hydrogen-bond donors (Lipinski definition) is 0. The first-order chi connectivity index (χ1) is 7.90. The molecule has 90 valence electrons. The summed E-state index contributed by atoms with van der Waals surface area (Å²) in [4.78, 5) is 0. The van der Waals surface area contributed by atoms with E-state index in [2.05, 4.69) is 12.2 Å². The number of hydrogen-bond acceptors (Lipinski definition) is 1. The van der Waals surface area contributed by atoms with Gasteiger partial charge in [-0.2, -0.15) is 0 Å². The Kier molecular flexibility index (Phi) is 3.06. The maximum atomic E-state index is 5.90. The first-order valence-electron chi connectivity index (χ1n) is 7.09. The molecule has 0 radical (unpaired) electrons. The van der Waals surface area contributed by atoms with Gasteiger partial charge in [-0.1, -0.05) is 31.4 Å². The third-order valence-corrected chi connectivity index (χ3v) is 5.26. The van der Waals surface area contributed by atoms with Gasteiger partial charge in [-0.25, -0.2) is 0 Å². The first-order valence-corrected chi connectivity index (χ1v) is 7.09. The second-order valence-corrected chi connectivity index (χ2v) is 5.98. The number of methoxy groups -OCH3 is 1. The van der Waals surface area contributed by atoms with E-state index >= 15 is 0 Å². The Labute approximate surface area is 99.3 Å². The van der Waals surface area contributed by atoms with E-state index in [4.69, 9.17) is 4.74 Å². The SMILES string of the molecule is COC1C2CCCC[C@H]2C[C@H]2C=CCCC12. The van der Waals surface area contributed by atoms with E-state index in [1.54, 1.807) is 0 Å². The molecule has 1 heteroatoms. The lowest BCUT2D eigenvalue weighted by atomic mass is 9.60. The Morgan fingerprint density at radius 1 is 1.06 bits per heavy atom. The van der Waals surface area contributed by atoms with Crippen LogP contribution in [0.4, 0.5) is 0 Å². The highest BCUT2D eigenvalue weighted by molar-refractivity contribution is 5.05. The molecule has 0 aromatic carbocycles. The predicted octanol–water partition coefficient (Wildman–Crippen LogP) is 3.79. The van der Waals surface area contributed by atoms with Crippen molar-refractivity contribution in [1.29, 1.82) is 0 Å². The largest absolute Gasteiger partial charge is 0.381 e. The molecule has 3 rings (SSSR count). The Bertz CT molecular complexity index is 271. The second kappa shape index (κ2) is 4.52. The molecule has 0 amide bonds. The molecular formula is C15H24O. The van der Waals surface area contributed by atoms with Crippen LogP contribution in [0, 0.1) is 23.7 Å². The molecule has 3 aliphatic carbocycles. The maximum absolute atomic E-state index is 5.90. The van der Waals surface area contributed by atoms with Crippen LogP contribution in [0.15, 0.2) is 12.2 Å². The number of fused-ring (bicyclic) bond motifs is 2. The van der Waals surface area contributed by atoms with Crippen molar-refractivity contribution in [2.24, 2.45) is 23.7 Å². The normalized spacial score (nSPS) is 47.2. The zero-order valence-corrected chi connectivity index (χ0v) is 10.4. The summed E-state index contributed by atoms with van der Waals surface area (Å²) in [6, 6.07) is 0. The number of rotatable bonds is 1. The van der Waals surface area contributed by atoms with Crippen molar-refractivity contribution in [3.8, 4) is 0 Å². The summed E-state index contributed by atoms with van der Waals surface area (Å²) >= 11 is 0. The van der Waals surface area contributed by atoms with E-state index in [1.807, 2.05) is 7.11 Å². The fraction of sp³-hybridized carbons (Fsp3) is 0.867. The quantitative estimate of drug-likeness (QED) is 0.611. The highest BCUT2D eigenvalue weighted by Gasteiger charge is 2.44. The average molecular weight is 220 g/mol. The van der Waals surface area contributed by atoms with E-state index in [9.17, 15) is 0 Å². The highest BCUT2D eigenvalue weighted by Crippen LogP contribution is 2.49. The van der Waals surface area contributed by atoms with E-state index < -0.39 is 0 Å². The van der Waals surface area contributed by atoms with Gasteiger partial charge in [-0.3, -0.25) is 0 Å². The molecule has 0 N–H and O–H groups in total. The fourth-order valence-electron chi connectivity index (χ4n) is 4.56. The van der Waals surface area contributed by atoms with Gasteiger partial charge >= 0.3 is 0 Å². The molecule has 0 aliphatic heterocycles. The predicted molar refractivity (Wildman–Crippen MR) is 66.2 cm³/mol. The van der Waals surface area contributed by atoms with Crippen LogP contribution in [-0.4, -0.2) is 13.2 Å². The Morgan fingerprint density at radius 3 is 2.81 bits per heavy atom. The summed E-state index contributed by atoms with van der Waals surface area (Å²) in [5.41, 5.74) is 0. The standard InChI is InChI=1S/C15H24O/c1-16-15-13-8-4-2-6-11(13)10-12-7-3-5-9-14(12)15/h2,6,11-15H,3-5,7-10H2,1H3/t11-,12+,13?,14?,15?/m1/s1. The first kappa shape index (κ1) is 10.8. The Hall–Kier alpha value is -0.300. The monoisotopic (exact) mass is 220 g/mol. The van der Waals surface area contributed by atoms with Crippen LogP contribution in [0.3, 0.4) is 0 Å². The minimum Gasteiger partial charge on any atom is -0.381 e. The third-order valence-electron chi connectivity index (χ3n) is 5.26. The molecule has 3 unspecified atom stereocenters. The lowest BCUT2D eigenvalue weighted by Crippen LogP contribution is -2.46. The van der Waals surface area contributed by atoms with E-state index in [0.717, 1.165) is 23.7 Å². The van der Waals surface area contributed by atoms with Gasteiger partial charge in [-0.15, -0.1) is 0 Å². The van der Waals surface area contributed by atoms with Gasteiger partial charge in [0.25, 0.3) is 0 Å². The van der Waals surface area contributed by atoms with Crippen molar-refractivity contribution in [3.05, 3.63) is 12.2 Å². The van der Waals surface area contributed by atoms with Gasteiger partial charge in [0, 0.05) is 7.11 Å². The Morgan fingerprint density at radius 2 is 1.94 bits per heavy atom. The van der Waals surface area contributed by atoms with Crippen LogP contribution in [0.5, 0.6) is 0 Å². The molecule has 16 heavy (non-hydrogen) atoms. The van der Waals surface area contributed by atoms with Crippen molar-refractivity contribution < 1.29 is 4.74 Å². The van der Waals surface area contributed by atoms with Crippen LogP contribution >= 0.6 is 0 Å². The van der Waals surface area contributed by atoms with Crippen molar-refractivity contribution in [3.63, 3.8) is 0 Å². The molecule has 0 heterocycles. The molecule has 0 aromatic rings. The van der Waals surface area contributed by atoms with Crippen LogP contribution in [0.2, 0.25) is 0 Å². The van der Waals surface area contributed by atoms with Crippen molar-refractivity contribution in [2.75, 3.05) is 7.11 Å². The zero-order valence-electron chi connectivity index (χ0n) is 10.4. The van der Waals surface area contributed by atoms with Gasteiger partial charge in [-0.05, 0) is 49.4 Å². The van der Waals surface area contributed by atoms with E-state index in [1.165, 1.54) is 44.9 Å². The smallest absolute Gasteiger partial charge is 0.0636 e. The summed E-state index contributed by atoms with van der Waals surface area (Å²) in [5, 5.41) is 0. The topological polar surface area (TPSA) is 9.23 Å². The van der Waals surface area contributed by atoms with Crippen molar-refractivity contribution in [2.45, 2.75) is 51.0 Å². The molecule has 0 aromatic heterocycles. The Balaban J connectivity index is 1.83. The molecular weight excluding hydrogens is 196 g/mol. The number of allylic oxidation sites excluding steroid dienone is 2. The van der Waals surface area contributed by atoms with Gasteiger partial charge in [0.15, 0.2) is 0 Å². The lowest BCUT2D eigenvalue weighted by molar-refractivity contribution is -0.0794. The summed E-state index contributed by atoms with van der Waals surface area (Å²) in [6.07, 6.45) is 15.3. The average Bonchev–Trinajstić information content (AvgIpc) is 2.36.